The Balaban J connectivity index is 1.63. The van der Waals surface area contributed by atoms with E-state index < -0.39 is 17.7 Å². The van der Waals surface area contributed by atoms with E-state index in [1.165, 1.54) is 18.1 Å². The van der Waals surface area contributed by atoms with Crippen molar-refractivity contribution in [3.63, 3.8) is 0 Å². The summed E-state index contributed by atoms with van der Waals surface area (Å²) in [6, 6.07) is 12.4. The van der Waals surface area contributed by atoms with Gasteiger partial charge in [0.2, 0.25) is 0 Å². The number of carbonyl (C=O) groups excluding carboxylic acids is 3. The van der Waals surface area contributed by atoms with Gasteiger partial charge in [-0.2, -0.15) is 5.10 Å². The van der Waals surface area contributed by atoms with Gasteiger partial charge in [-0.3, -0.25) is 9.59 Å². The van der Waals surface area contributed by atoms with Gasteiger partial charge >= 0.3 is 6.09 Å². The highest BCUT2D eigenvalue weighted by Gasteiger charge is 2.33. The predicted molar refractivity (Wildman–Crippen MR) is 151 cm³/mol. The third-order valence-corrected chi connectivity index (χ3v) is 7.36. The van der Waals surface area contributed by atoms with Crippen molar-refractivity contribution in [1.29, 1.82) is 0 Å². The lowest BCUT2D eigenvalue weighted by atomic mass is 10.0. The van der Waals surface area contributed by atoms with Gasteiger partial charge in [0.05, 0.1) is 17.9 Å². The number of anilines is 1. The van der Waals surface area contributed by atoms with Crippen molar-refractivity contribution >= 4 is 35.2 Å². The number of hydrogen-bond donors (Lipinski definition) is 1. The van der Waals surface area contributed by atoms with Gasteiger partial charge in [0.25, 0.3) is 5.91 Å². The number of ketones is 1. The molecule has 3 aromatic rings. The predicted octanol–water partition coefficient (Wildman–Crippen LogP) is 5.56. The molecule has 1 atom stereocenters. The molecule has 0 spiro atoms. The SMILES string of the molecule is CCCCCC(=O)c1ccc2c(c1)N(Cc1ccc(-n3cncn3)cc1)C(=O)[C@@H](NC(=O)OC(C)(C)C)CS2. The second kappa shape index (κ2) is 12.5. The first-order valence-corrected chi connectivity index (χ1v) is 14.2. The summed E-state index contributed by atoms with van der Waals surface area (Å²) in [6.07, 6.45) is 5.79. The van der Waals surface area contributed by atoms with Gasteiger partial charge < -0.3 is 15.0 Å². The highest BCUT2D eigenvalue weighted by molar-refractivity contribution is 7.99. The molecule has 0 aliphatic carbocycles. The van der Waals surface area contributed by atoms with E-state index in [0.29, 0.717) is 23.4 Å². The number of carbonyl (C=O) groups is 3. The molecule has 9 nitrogen and oxygen atoms in total. The molecule has 0 bridgehead atoms. The lowest BCUT2D eigenvalue weighted by Crippen LogP contribution is -2.50. The van der Waals surface area contributed by atoms with Crippen molar-refractivity contribution in [1.82, 2.24) is 20.1 Å². The number of rotatable bonds is 9. The Labute approximate surface area is 233 Å². The van der Waals surface area contributed by atoms with Crippen LogP contribution in [-0.2, 0) is 16.1 Å². The third kappa shape index (κ3) is 7.47. The van der Waals surface area contributed by atoms with Gasteiger partial charge in [-0.15, -0.1) is 11.8 Å². The van der Waals surface area contributed by atoms with E-state index >= 15 is 0 Å². The summed E-state index contributed by atoms with van der Waals surface area (Å²) in [5, 5.41) is 6.91. The zero-order valence-electron chi connectivity index (χ0n) is 22.8. The maximum Gasteiger partial charge on any atom is 0.408 e. The Kier molecular flexibility index (Phi) is 9.06. The molecule has 1 aliphatic rings. The fourth-order valence-electron chi connectivity index (χ4n) is 4.25. The second-order valence-electron chi connectivity index (χ2n) is 10.5. The fourth-order valence-corrected chi connectivity index (χ4v) is 5.30. The van der Waals surface area contributed by atoms with Crippen LogP contribution in [-0.4, -0.2) is 49.9 Å². The number of nitrogens with zero attached hydrogens (tertiary/aromatic N) is 4. The van der Waals surface area contributed by atoms with E-state index in [2.05, 4.69) is 22.3 Å². The Bertz CT molecular complexity index is 1300. The molecule has 0 fully saturated rings. The Hall–Kier alpha value is -3.66. The van der Waals surface area contributed by atoms with Crippen LogP contribution in [0.25, 0.3) is 5.69 Å². The molecule has 10 heteroatoms. The van der Waals surface area contributed by atoms with Gasteiger partial charge in [0, 0.05) is 22.6 Å². The molecule has 0 radical (unpaired) electrons. The van der Waals surface area contributed by atoms with Crippen LogP contribution in [0.4, 0.5) is 10.5 Å². The monoisotopic (exact) mass is 549 g/mol. The molecule has 0 unspecified atom stereocenters. The smallest absolute Gasteiger partial charge is 0.408 e. The molecule has 4 rings (SSSR count). The number of fused-ring (bicyclic) bond motifs is 1. The summed E-state index contributed by atoms with van der Waals surface area (Å²) in [7, 11) is 0. The van der Waals surface area contributed by atoms with Crippen LogP contribution in [0.3, 0.4) is 0 Å². The summed E-state index contributed by atoms with van der Waals surface area (Å²) in [5.74, 6) is 0.146. The number of Topliss-reactive ketones (excluding diaryl/α,β-unsaturated/α-hetero) is 1. The first-order chi connectivity index (χ1) is 18.6. The number of benzene rings is 2. The number of unbranched alkanes of at least 4 members (excludes halogenated alkanes) is 2. The molecule has 0 saturated carbocycles. The highest BCUT2D eigenvalue weighted by Crippen LogP contribution is 2.36. The minimum atomic E-state index is -0.796. The highest BCUT2D eigenvalue weighted by atomic mass is 32.2. The summed E-state index contributed by atoms with van der Waals surface area (Å²) in [6.45, 7) is 7.71. The zero-order chi connectivity index (χ0) is 28.0. The lowest BCUT2D eigenvalue weighted by Gasteiger charge is -2.27. The average molecular weight is 550 g/mol. The van der Waals surface area contributed by atoms with Crippen LogP contribution in [0.5, 0.6) is 0 Å². The maximum absolute atomic E-state index is 13.9. The number of hydrogen-bond acceptors (Lipinski definition) is 7. The molecule has 2 aromatic carbocycles. The van der Waals surface area contributed by atoms with Crippen LogP contribution >= 0.6 is 11.8 Å². The van der Waals surface area contributed by atoms with Crippen LogP contribution in [0.15, 0.2) is 60.0 Å². The quantitative estimate of drug-likeness (QED) is 0.275. The summed E-state index contributed by atoms with van der Waals surface area (Å²) in [5.41, 5.74) is 2.30. The van der Waals surface area contributed by atoms with Crippen molar-refractivity contribution in [2.45, 2.75) is 76.5 Å². The molecular formula is C29H35N5O4S. The number of ether oxygens (including phenoxy) is 1. The third-order valence-electron chi connectivity index (χ3n) is 6.20. The summed E-state index contributed by atoms with van der Waals surface area (Å²) < 4.78 is 7.07. The Morgan fingerprint density at radius 1 is 1.13 bits per heavy atom. The van der Waals surface area contributed by atoms with Gasteiger partial charge in [0.15, 0.2) is 5.78 Å². The molecule has 1 aromatic heterocycles. The number of alkyl carbamates (subject to hydrolysis) is 1. The summed E-state index contributed by atoms with van der Waals surface area (Å²) in [4.78, 5) is 45.9. The molecule has 0 saturated heterocycles. The lowest BCUT2D eigenvalue weighted by molar-refractivity contribution is -0.120. The normalized spacial score (nSPS) is 15.4. The van der Waals surface area contributed by atoms with E-state index in [-0.39, 0.29) is 18.2 Å². The van der Waals surface area contributed by atoms with Crippen molar-refractivity contribution in [2.24, 2.45) is 0 Å². The zero-order valence-corrected chi connectivity index (χ0v) is 23.7. The fraction of sp³-hybridized carbons (Fsp3) is 0.414. The molecular weight excluding hydrogens is 514 g/mol. The van der Waals surface area contributed by atoms with Crippen molar-refractivity contribution in [3.8, 4) is 5.69 Å². The van der Waals surface area contributed by atoms with Gasteiger partial charge in [-0.1, -0.05) is 38.0 Å². The topological polar surface area (TPSA) is 106 Å². The molecule has 39 heavy (non-hydrogen) atoms. The van der Waals surface area contributed by atoms with Crippen molar-refractivity contribution < 1.29 is 19.1 Å². The minimum Gasteiger partial charge on any atom is -0.444 e. The molecule has 206 valence electrons. The second-order valence-corrected chi connectivity index (χ2v) is 11.6. The van der Waals surface area contributed by atoms with Crippen molar-refractivity contribution in [3.05, 3.63) is 66.2 Å². The van der Waals surface area contributed by atoms with E-state index in [9.17, 15) is 14.4 Å². The van der Waals surface area contributed by atoms with Crippen LogP contribution in [0, 0.1) is 0 Å². The van der Waals surface area contributed by atoms with Crippen LogP contribution in [0.2, 0.25) is 0 Å². The molecule has 2 amide bonds. The molecule has 1 aliphatic heterocycles. The number of thioether (sulfide) groups is 1. The Morgan fingerprint density at radius 2 is 1.90 bits per heavy atom. The first kappa shape index (κ1) is 28.4. The van der Waals surface area contributed by atoms with E-state index in [0.717, 1.165) is 35.4 Å². The van der Waals surface area contributed by atoms with Gasteiger partial charge in [0.1, 0.15) is 24.3 Å². The Morgan fingerprint density at radius 3 is 2.56 bits per heavy atom. The maximum atomic E-state index is 13.9. The number of aromatic nitrogens is 3. The minimum absolute atomic E-state index is 0.0634. The van der Waals surface area contributed by atoms with Crippen molar-refractivity contribution in [2.75, 3.05) is 10.7 Å². The molecule has 1 N–H and O–H groups in total. The van der Waals surface area contributed by atoms with Crippen LogP contribution < -0.4 is 10.2 Å². The van der Waals surface area contributed by atoms with E-state index in [1.54, 1.807) is 36.7 Å². The number of amides is 2. The number of nitrogens with one attached hydrogen (secondary N) is 1. The standard InChI is InChI=1S/C29H35N5O4S/c1-5-6-7-8-25(35)21-11-14-26-24(15-21)33(16-20-9-12-22(13-10-20)34-19-30-18-31-34)27(36)23(17-39-26)32-28(37)38-29(2,3)4/h9-15,18-19,23H,5-8,16-17H2,1-4H3,(H,32,37)/t23-/m0/s1. The van der Waals surface area contributed by atoms with Gasteiger partial charge in [-0.05, 0) is 57.0 Å². The van der Waals surface area contributed by atoms with E-state index in [1.807, 2.05) is 42.5 Å². The van der Waals surface area contributed by atoms with Crippen LogP contribution in [0.1, 0.15) is 69.3 Å². The average Bonchev–Trinajstić information content (AvgIpc) is 3.40. The summed E-state index contributed by atoms with van der Waals surface area (Å²) >= 11 is 1.48. The van der Waals surface area contributed by atoms with Gasteiger partial charge in [-0.25, -0.2) is 14.5 Å². The van der Waals surface area contributed by atoms with E-state index in [4.69, 9.17) is 4.74 Å². The molecule has 2 heterocycles. The first-order valence-electron chi connectivity index (χ1n) is 13.2. The largest absolute Gasteiger partial charge is 0.444 e.